The van der Waals surface area contributed by atoms with Crippen LogP contribution in [0.15, 0.2) is 97.1 Å². The molecule has 0 aliphatic heterocycles. The van der Waals surface area contributed by atoms with Gasteiger partial charge in [0.05, 0.1) is 0 Å². The van der Waals surface area contributed by atoms with E-state index in [2.05, 4.69) is 97.1 Å². The van der Waals surface area contributed by atoms with Gasteiger partial charge in [-0.15, -0.1) is 0 Å². The number of hydrogen-bond donors (Lipinski definition) is 0. The fourth-order valence-corrected chi connectivity index (χ4v) is 4.77. The first-order valence-corrected chi connectivity index (χ1v) is 9.63. The van der Waals surface area contributed by atoms with Crippen LogP contribution in [0, 0.1) is 0 Å². The third-order valence-electron chi connectivity index (χ3n) is 3.98. The topological polar surface area (TPSA) is 0 Å². The molecule has 4 aromatic rings. The number of fused-ring (bicyclic) bond motifs is 1. The van der Waals surface area contributed by atoms with Crippen molar-refractivity contribution in [2.24, 2.45) is 0 Å². The Morgan fingerprint density at radius 2 is 1.13 bits per heavy atom. The van der Waals surface area contributed by atoms with Crippen molar-refractivity contribution in [3.05, 3.63) is 97.1 Å². The summed E-state index contributed by atoms with van der Waals surface area (Å²) in [7, 11) is 0. The predicted octanol–water partition coefficient (Wildman–Crippen LogP) is 4.16. The molecular weight excluding hydrogens is 339 g/mol. The molecule has 0 bridgehead atoms. The number of hydrogen-bond acceptors (Lipinski definition) is 0. The van der Waals surface area contributed by atoms with Crippen molar-refractivity contribution in [1.29, 1.82) is 0 Å². The molecule has 0 saturated carbocycles. The molecule has 0 amide bonds. The maximum atomic E-state index is 2.28. The maximum absolute atomic E-state index is 2.28. The first-order valence-electron chi connectivity index (χ1n) is 7.75. The first-order chi connectivity index (χ1) is 11.4. The molecule has 0 saturated heterocycles. The van der Waals surface area contributed by atoms with Crippen LogP contribution < -0.4 is 8.70 Å². The van der Waals surface area contributed by atoms with E-state index in [9.17, 15) is 0 Å². The van der Waals surface area contributed by atoms with Crippen LogP contribution in [0.25, 0.3) is 21.9 Å². The molecule has 0 aliphatic carbocycles. The van der Waals surface area contributed by atoms with Gasteiger partial charge in [-0.2, -0.15) is 0 Å². The molecule has 0 unspecified atom stereocenters. The molecule has 109 valence electrons. The van der Waals surface area contributed by atoms with Crippen LogP contribution in [0.4, 0.5) is 0 Å². The minimum atomic E-state index is 0.0689. The van der Waals surface area contributed by atoms with E-state index in [0.717, 1.165) is 0 Å². The summed E-state index contributed by atoms with van der Waals surface area (Å²) in [6.45, 7) is 0. The predicted molar refractivity (Wildman–Crippen MR) is 101 cm³/mol. The Morgan fingerprint density at radius 1 is 0.478 bits per heavy atom. The van der Waals surface area contributed by atoms with Gasteiger partial charge in [-0.25, -0.2) is 0 Å². The third kappa shape index (κ3) is 3.09. The molecule has 0 nitrogen and oxygen atoms in total. The van der Waals surface area contributed by atoms with Crippen molar-refractivity contribution < 1.29 is 0 Å². The van der Waals surface area contributed by atoms with E-state index in [0.29, 0.717) is 0 Å². The van der Waals surface area contributed by atoms with Gasteiger partial charge >= 0.3 is 143 Å². The molecule has 1 heteroatoms. The van der Waals surface area contributed by atoms with E-state index in [1.54, 1.807) is 0 Å². The monoisotopic (exact) mass is 355 g/mol. The number of benzene rings is 4. The van der Waals surface area contributed by atoms with Gasteiger partial charge in [-0.3, -0.25) is 0 Å². The quantitative estimate of drug-likeness (QED) is 0.484. The molecule has 23 heavy (non-hydrogen) atoms. The summed E-state index contributed by atoms with van der Waals surface area (Å²) in [5.41, 5.74) is 2.60. The molecule has 0 spiro atoms. The zero-order valence-corrected chi connectivity index (χ0v) is 14.6. The molecule has 0 heterocycles. The zero-order valence-electron chi connectivity index (χ0n) is 12.7. The third-order valence-corrected chi connectivity index (χ3v) is 6.32. The Labute approximate surface area is 143 Å². The fourth-order valence-electron chi connectivity index (χ4n) is 2.84. The van der Waals surface area contributed by atoms with Crippen LogP contribution in [-0.4, -0.2) is 15.8 Å². The molecule has 0 N–H and O–H groups in total. The van der Waals surface area contributed by atoms with Crippen LogP contribution in [0.5, 0.6) is 0 Å². The Balaban J connectivity index is 1.68. The Morgan fingerprint density at radius 3 is 1.96 bits per heavy atom. The van der Waals surface area contributed by atoms with Crippen molar-refractivity contribution in [3.8, 4) is 11.1 Å². The van der Waals surface area contributed by atoms with E-state index in [4.69, 9.17) is 0 Å². The second kappa shape index (κ2) is 6.44. The summed E-state index contributed by atoms with van der Waals surface area (Å²) in [6, 6.07) is 35.0. The summed E-state index contributed by atoms with van der Waals surface area (Å²) in [5.74, 6) is 0. The standard InChI is InChI=1S/C22H16As/c1-2-9-19(10-3-1)23-20-15-13-18(14-16-20)22-12-6-8-17-7-4-5-11-21(17)22/h1-16H. The van der Waals surface area contributed by atoms with Crippen LogP contribution in [0.3, 0.4) is 0 Å². The first kappa shape index (κ1) is 14.3. The summed E-state index contributed by atoms with van der Waals surface area (Å²) in [5, 5.41) is 2.61. The number of rotatable bonds is 3. The zero-order chi connectivity index (χ0) is 15.5. The fraction of sp³-hybridized carbons (Fsp3) is 0. The average molecular weight is 355 g/mol. The van der Waals surface area contributed by atoms with Gasteiger partial charge in [0.1, 0.15) is 0 Å². The van der Waals surface area contributed by atoms with Crippen LogP contribution in [-0.2, 0) is 0 Å². The molecule has 0 aromatic heterocycles. The van der Waals surface area contributed by atoms with Crippen LogP contribution >= 0.6 is 0 Å². The van der Waals surface area contributed by atoms with Gasteiger partial charge in [0.15, 0.2) is 0 Å². The van der Waals surface area contributed by atoms with E-state index in [-0.39, 0.29) is 15.8 Å². The van der Waals surface area contributed by atoms with Gasteiger partial charge < -0.3 is 0 Å². The van der Waals surface area contributed by atoms with Gasteiger partial charge in [0.25, 0.3) is 0 Å². The van der Waals surface area contributed by atoms with Crippen molar-refractivity contribution in [2.75, 3.05) is 0 Å². The van der Waals surface area contributed by atoms with Crippen molar-refractivity contribution in [1.82, 2.24) is 0 Å². The van der Waals surface area contributed by atoms with E-state index < -0.39 is 0 Å². The normalized spacial score (nSPS) is 11.3. The Hall–Kier alpha value is -2.30. The molecule has 1 radical (unpaired) electrons. The van der Waals surface area contributed by atoms with Gasteiger partial charge in [-0.1, -0.05) is 0 Å². The Kier molecular flexibility index (Phi) is 4.01. The van der Waals surface area contributed by atoms with Crippen molar-refractivity contribution in [3.63, 3.8) is 0 Å². The summed E-state index contributed by atoms with van der Waals surface area (Å²) < 4.78 is 2.89. The minimum absolute atomic E-state index is 0.0689. The summed E-state index contributed by atoms with van der Waals surface area (Å²) >= 11 is 0.0689. The van der Waals surface area contributed by atoms with E-state index in [1.807, 2.05) is 0 Å². The van der Waals surface area contributed by atoms with E-state index in [1.165, 1.54) is 30.6 Å². The van der Waals surface area contributed by atoms with Crippen LogP contribution in [0.1, 0.15) is 0 Å². The van der Waals surface area contributed by atoms with Crippen LogP contribution in [0.2, 0.25) is 0 Å². The summed E-state index contributed by atoms with van der Waals surface area (Å²) in [4.78, 5) is 0. The molecule has 0 fully saturated rings. The Bertz CT molecular complexity index is 919. The van der Waals surface area contributed by atoms with E-state index >= 15 is 0 Å². The second-order valence-corrected chi connectivity index (χ2v) is 8.16. The molecule has 4 rings (SSSR count). The van der Waals surface area contributed by atoms with Crippen molar-refractivity contribution in [2.45, 2.75) is 0 Å². The summed E-state index contributed by atoms with van der Waals surface area (Å²) in [6.07, 6.45) is 0. The molecular formula is C22H16As. The average Bonchev–Trinajstić information content (AvgIpc) is 2.63. The second-order valence-electron chi connectivity index (χ2n) is 5.52. The SMILES string of the molecule is c1ccc([As]c2ccc(-c3cccc4ccccc34)cc2)cc1. The van der Waals surface area contributed by atoms with Gasteiger partial charge in [0.2, 0.25) is 0 Å². The molecule has 0 atom stereocenters. The molecule has 4 aromatic carbocycles. The van der Waals surface area contributed by atoms with Gasteiger partial charge in [0, 0.05) is 0 Å². The molecule has 0 aliphatic rings. The van der Waals surface area contributed by atoms with Gasteiger partial charge in [-0.05, 0) is 0 Å². The van der Waals surface area contributed by atoms with Crippen molar-refractivity contribution >= 4 is 35.2 Å².